The molecule has 2 aliphatic carbocycles. The molecule has 2 aliphatic rings. The van der Waals surface area contributed by atoms with Crippen LogP contribution in [-0.2, 0) is 0 Å². The fourth-order valence-corrected chi connectivity index (χ4v) is 4.14. The molecule has 110 valence electrons. The summed E-state index contributed by atoms with van der Waals surface area (Å²) in [7, 11) is 2.01. The number of halogens is 2. The average Bonchev–Trinajstić information content (AvgIpc) is 2.46. The summed E-state index contributed by atoms with van der Waals surface area (Å²) < 4.78 is 19.9. The molecular weight excluding hydrogens is 277 g/mol. The smallest absolute Gasteiger partial charge is 0.173 e. The van der Waals surface area contributed by atoms with Crippen molar-refractivity contribution < 1.29 is 9.13 Å². The summed E-state index contributed by atoms with van der Waals surface area (Å²) in [5.74, 6) is -0.143. The monoisotopic (exact) mass is 297 g/mol. The van der Waals surface area contributed by atoms with Gasteiger partial charge in [0.05, 0.1) is 5.02 Å². The molecule has 1 aromatic carbocycles. The second kappa shape index (κ2) is 5.53. The molecule has 20 heavy (non-hydrogen) atoms. The van der Waals surface area contributed by atoms with Crippen LogP contribution < -0.4 is 10.1 Å². The first-order chi connectivity index (χ1) is 9.67. The highest BCUT2D eigenvalue weighted by Gasteiger charge is 2.56. The molecule has 1 aromatic rings. The Labute approximate surface area is 124 Å². The second-order valence-electron chi connectivity index (χ2n) is 6.03. The maximum absolute atomic E-state index is 13.9. The van der Waals surface area contributed by atoms with Crippen LogP contribution >= 0.6 is 11.6 Å². The lowest BCUT2D eigenvalue weighted by molar-refractivity contribution is -0.102. The fraction of sp³-hybridized carbons (Fsp3) is 0.625. The van der Waals surface area contributed by atoms with Crippen LogP contribution in [0.3, 0.4) is 0 Å². The molecule has 1 N–H and O–H groups in total. The van der Waals surface area contributed by atoms with Crippen molar-refractivity contribution in [2.24, 2.45) is 5.41 Å². The Morgan fingerprint density at radius 2 is 2.05 bits per heavy atom. The van der Waals surface area contributed by atoms with Crippen molar-refractivity contribution in [2.75, 3.05) is 7.05 Å². The third-order valence-electron chi connectivity index (χ3n) is 5.10. The Morgan fingerprint density at radius 3 is 2.70 bits per heavy atom. The normalized spacial score (nSPS) is 28.1. The van der Waals surface area contributed by atoms with Crippen LogP contribution in [-0.4, -0.2) is 19.2 Å². The van der Waals surface area contributed by atoms with Gasteiger partial charge >= 0.3 is 0 Å². The molecule has 2 nitrogen and oxygen atoms in total. The van der Waals surface area contributed by atoms with Crippen LogP contribution in [0, 0.1) is 11.2 Å². The Hall–Kier alpha value is -0.800. The summed E-state index contributed by atoms with van der Waals surface area (Å²) in [4.78, 5) is 0. The molecule has 4 heteroatoms. The number of hydrogen-bond donors (Lipinski definition) is 1. The van der Waals surface area contributed by atoms with E-state index in [4.69, 9.17) is 16.3 Å². The Kier molecular flexibility index (Phi) is 3.91. The van der Waals surface area contributed by atoms with E-state index < -0.39 is 0 Å². The first-order valence-electron chi connectivity index (χ1n) is 7.45. The summed E-state index contributed by atoms with van der Waals surface area (Å²) >= 11 is 6.07. The first kappa shape index (κ1) is 14.2. The highest BCUT2D eigenvalue weighted by atomic mass is 35.5. The van der Waals surface area contributed by atoms with E-state index >= 15 is 0 Å². The molecule has 0 amide bonds. The van der Waals surface area contributed by atoms with Gasteiger partial charge in [0.15, 0.2) is 11.6 Å². The van der Waals surface area contributed by atoms with Gasteiger partial charge in [-0.25, -0.2) is 4.39 Å². The molecule has 1 spiro atoms. The van der Waals surface area contributed by atoms with Gasteiger partial charge in [-0.15, -0.1) is 0 Å². The number of nitrogens with one attached hydrogen (secondary N) is 1. The third kappa shape index (κ3) is 2.21. The van der Waals surface area contributed by atoms with Crippen molar-refractivity contribution in [1.29, 1.82) is 0 Å². The predicted molar refractivity (Wildman–Crippen MR) is 78.8 cm³/mol. The van der Waals surface area contributed by atoms with Gasteiger partial charge in [-0.1, -0.05) is 36.9 Å². The third-order valence-corrected chi connectivity index (χ3v) is 5.39. The van der Waals surface area contributed by atoms with E-state index in [2.05, 4.69) is 5.32 Å². The molecule has 3 rings (SSSR count). The zero-order valence-corrected chi connectivity index (χ0v) is 12.5. The molecule has 0 heterocycles. The zero-order valence-electron chi connectivity index (χ0n) is 11.8. The van der Waals surface area contributed by atoms with Gasteiger partial charge < -0.3 is 10.1 Å². The fourth-order valence-electron chi connectivity index (χ4n) is 3.94. The van der Waals surface area contributed by atoms with Crippen LogP contribution in [0.25, 0.3) is 0 Å². The van der Waals surface area contributed by atoms with Gasteiger partial charge in [0.2, 0.25) is 0 Å². The maximum atomic E-state index is 13.9. The average molecular weight is 298 g/mol. The van der Waals surface area contributed by atoms with Crippen molar-refractivity contribution in [1.82, 2.24) is 5.32 Å². The number of hydrogen-bond acceptors (Lipinski definition) is 2. The molecule has 2 unspecified atom stereocenters. The molecule has 0 aliphatic heterocycles. The summed E-state index contributed by atoms with van der Waals surface area (Å²) in [6.07, 6.45) is 7.11. The van der Waals surface area contributed by atoms with E-state index in [-0.39, 0.29) is 23.1 Å². The summed E-state index contributed by atoms with van der Waals surface area (Å²) in [6.45, 7) is 0. The summed E-state index contributed by atoms with van der Waals surface area (Å²) in [6, 6.07) is 5.18. The van der Waals surface area contributed by atoms with Crippen molar-refractivity contribution in [3.8, 4) is 5.75 Å². The Morgan fingerprint density at radius 1 is 1.30 bits per heavy atom. The molecule has 0 radical (unpaired) electrons. The van der Waals surface area contributed by atoms with Crippen molar-refractivity contribution >= 4 is 11.6 Å². The topological polar surface area (TPSA) is 21.3 Å². The van der Waals surface area contributed by atoms with Crippen LogP contribution in [0.1, 0.15) is 38.5 Å². The Bertz CT molecular complexity index is 467. The van der Waals surface area contributed by atoms with E-state index in [1.54, 1.807) is 12.1 Å². The molecule has 0 saturated heterocycles. The van der Waals surface area contributed by atoms with Crippen molar-refractivity contribution in [2.45, 2.75) is 50.7 Å². The number of rotatable bonds is 3. The molecule has 2 fully saturated rings. The van der Waals surface area contributed by atoms with Crippen LogP contribution in [0.2, 0.25) is 5.02 Å². The standard InChI is InChI=1S/C16H21ClFNO/c1-19-13-10-14(16(13)8-3-2-4-9-16)20-15-11(17)6-5-7-12(15)18/h5-7,13-14,19H,2-4,8-10H2,1H3. The quantitative estimate of drug-likeness (QED) is 0.904. The SMILES string of the molecule is CNC1CC(Oc2c(F)cccc2Cl)C12CCCCC2. The summed E-state index contributed by atoms with van der Waals surface area (Å²) in [5, 5.41) is 3.76. The van der Waals surface area contributed by atoms with Gasteiger partial charge in [0.25, 0.3) is 0 Å². The van der Waals surface area contributed by atoms with E-state index in [0.717, 1.165) is 19.3 Å². The summed E-state index contributed by atoms with van der Waals surface area (Å²) in [5.41, 5.74) is 0.165. The van der Waals surface area contributed by atoms with E-state index in [1.807, 2.05) is 7.05 Å². The molecule has 0 aromatic heterocycles. The van der Waals surface area contributed by atoms with Gasteiger partial charge in [0.1, 0.15) is 6.10 Å². The maximum Gasteiger partial charge on any atom is 0.173 e. The molecule has 0 bridgehead atoms. The van der Waals surface area contributed by atoms with Crippen molar-refractivity contribution in [3.63, 3.8) is 0 Å². The second-order valence-corrected chi connectivity index (χ2v) is 6.44. The largest absolute Gasteiger partial charge is 0.485 e. The molecule has 2 saturated carbocycles. The lowest BCUT2D eigenvalue weighted by Crippen LogP contribution is -2.64. The minimum absolute atomic E-state index is 0.0784. The minimum atomic E-state index is -0.364. The van der Waals surface area contributed by atoms with Crippen LogP contribution in [0.4, 0.5) is 4.39 Å². The highest BCUT2D eigenvalue weighted by Crippen LogP contribution is 2.53. The molecule has 2 atom stereocenters. The zero-order chi connectivity index (χ0) is 14.2. The number of ether oxygens (including phenoxy) is 1. The van der Waals surface area contributed by atoms with E-state index in [1.165, 1.54) is 25.3 Å². The Balaban J connectivity index is 1.80. The van der Waals surface area contributed by atoms with Gasteiger partial charge in [-0.3, -0.25) is 0 Å². The predicted octanol–water partition coefficient (Wildman–Crippen LogP) is 4.17. The number of para-hydroxylation sites is 1. The highest BCUT2D eigenvalue weighted by molar-refractivity contribution is 6.32. The van der Waals surface area contributed by atoms with Gasteiger partial charge in [0, 0.05) is 17.9 Å². The first-order valence-corrected chi connectivity index (χ1v) is 7.83. The van der Waals surface area contributed by atoms with Crippen LogP contribution in [0.15, 0.2) is 18.2 Å². The number of benzene rings is 1. The van der Waals surface area contributed by atoms with E-state index in [0.29, 0.717) is 11.1 Å². The van der Waals surface area contributed by atoms with Gasteiger partial charge in [-0.2, -0.15) is 0 Å². The van der Waals surface area contributed by atoms with E-state index in [9.17, 15) is 4.39 Å². The lowest BCUT2D eigenvalue weighted by atomic mass is 9.55. The van der Waals surface area contributed by atoms with Gasteiger partial charge in [-0.05, 0) is 32.0 Å². The van der Waals surface area contributed by atoms with Crippen LogP contribution in [0.5, 0.6) is 5.75 Å². The van der Waals surface area contributed by atoms with Crippen molar-refractivity contribution in [3.05, 3.63) is 29.0 Å². The minimum Gasteiger partial charge on any atom is -0.485 e. The molecular formula is C16H21ClFNO. The lowest BCUT2D eigenvalue weighted by Gasteiger charge is -2.57.